The van der Waals surface area contributed by atoms with Crippen LogP contribution in [-0.2, 0) is 0 Å². The Morgan fingerprint density at radius 3 is 2.86 bits per heavy atom. The lowest BCUT2D eigenvalue weighted by Crippen LogP contribution is -2.00. The summed E-state index contributed by atoms with van der Waals surface area (Å²) in [5.41, 5.74) is 6.16. The van der Waals surface area contributed by atoms with Crippen molar-refractivity contribution >= 4 is 17.3 Å². The van der Waals surface area contributed by atoms with Gasteiger partial charge in [-0.05, 0) is 12.5 Å². The van der Waals surface area contributed by atoms with Crippen molar-refractivity contribution < 1.29 is 4.74 Å². The van der Waals surface area contributed by atoms with Crippen LogP contribution in [0.25, 0.3) is 0 Å². The van der Waals surface area contributed by atoms with E-state index in [4.69, 9.17) is 22.1 Å². The van der Waals surface area contributed by atoms with Crippen LogP contribution in [0.15, 0.2) is 12.1 Å². The Morgan fingerprint density at radius 1 is 1.43 bits per heavy atom. The number of nitrogen functional groups attached to an aromatic ring is 1. The molecule has 4 heteroatoms. The average molecular weight is 215 g/mol. The Balaban J connectivity index is 2.42. The fourth-order valence-electron chi connectivity index (χ4n) is 1.09. The van der Waals surface area contributed by atoms with Crippen molar-refractivity contribution in [2.45, 2.75) is 26.2 Å². The molecule has 0 unspecified atom stereocenters. The fourth-order valence-corrected chi connectivity index (χ4v) is 1.30. The lowest BCUT2D eigenvalue weighted by Gasteiger charge is -2.05. The number of rotatable bonds is 5. The number of hydrogen-bond donors (Lipinski definition) is 1. The number of halogens is 1. The van der Waals surface area contributed by atoms with Crippen molar-refractivity contribution in [1.82, 2.24) is 4.98 Å². The van der Waals surface area contributed by atoms with Crippen LogP contribution in [0.5, 0.6) is 5.88 Å². The third-order valence-corrected chi connectivity index (χ3v) is 1.98. The minimum absolute atomic E-state index is 0.371. The van der Waals surface area contributed by atoms with Crippen LogP contribution >= 0.6 is 11.6 Å². The minimum Gasteiger partial charge on any atom is -0.478 e. The number of anilines is 1. The summed E-state index contributed by atoms with van der Waals surface area (Å²) in [4.78, 5) is 3.99. The number of nitrogens with two attached hydrogens (primary N) is 1. The maximum absolute atomic E-state index is 5.72. The highest BCUT2D eigenvalue weighted by atomic mass is 35.5. The molecule has 0 radical (unpaired) electrons. The summed E-state index contributed by atoms with van der Waals surface area (Å²) < 4.78 is 5.39. The van der Waals surface area contributed by atoms with Crippen LogP contribution in [0.3, 0.4) is 0 Å². The van der Waals surface area contributed by atoms with E-state index in [1.165, 1.54) is 6.42 Å². The molecular weight excluding hydrogens is 200 g/mol. The number of nitrogens with zero attached hydrogens (tertiary/aromatic N) is 1. The van der Waals surface area contributed by atoms with Crippen molar-refractivity contribution in [2.24, 2.45) is 0 Å². The fraction of sp³-hybridized carbons (Fsp3) is 0.500. The van der Waals surface area contributed by atoms with E-state index >= 15 is 0 Å². The van der Waals surface area contributed by atoms with Gasteiger partial charge in [0, 0.05) is 11.8 Å². The largest absolute Gasteiger partial charge is 0.478 e. The molecule has 0 aromatic carbocycles. The van der Waals surface area contributed by atoms with Gasteiger partial charge in [-0.15, -0.1) is 0 Å². The van der Waals surface area contributed by atoms with Crippen LogP contribution in [-0.4, -0.2) is 11.6 Å². The van der Waals surface area contributed by atoms with Crippen molar-refractivity contribution in [1.29, 1.82) is 0 Å². The zero-order valence-corrected chi connectivity index (χ0v) is 9.05. The number of aromatic nitrogens is 1. The Bertz CT molecular complexity index is 271. The van der Waals surface area contributed by atoms with Gasteiger partial charge in [-0.1, -0.05) is 31.4 Å². The lowest BCUT2D eigenvalue weighted by molar-refractivity contribution is 0.295. The highest BCUT2D eigenvalue weighted by Gasteiger charge is 1.99. The summed E-state index contributed by atoms with van der Waals surface area (Å²) in [7, 11) is 0. The summed E-state index contributed by atoms with van der Waals surface area (Å²) in [5, 5.41) is 0.371. The van der Waals surface area contributed by atoms with Crippen molar-refractivity contribution in [3.05, 3.63) is 17.3 Å². The van der Waals surface area contributed by atoms with E-state index in [2.05, 4.69) is 11.9 Å². The Morgan fingerprint density at radius 2 is 2.21 bits per heavy atom. The second-order valence-corrected chi connectivity index (χ2v) is 3.50. The number of unbranched alkanes of at least 4 members (excludes halogenated alkanes) is 2. The van der Waals surface area contributed by atoms with Crippen molar-refractivity contribution in [2.75, 3.05) is 12.3 Å². The maximum Gasteiger partial charge on any atom is 0.216 e. The molecule has 0 amide bonds. The van der Waals surface area contributed by atoms with Crippen LogP contribution in [0.1, 0.15) is 26.2 Å². The highest BCUT2D eigenvalue weighted by molar-refractivity contribution is 6.29. The predicted molar refractivity (Wildman–Crippen MR) is 58.7 cm³/mol. The molecule has 0 saturated carbocycles. The average Bonchev–Trinajstić information content (AvgIpc) is 2.11. The van der Waals surface area contributed by atoms with Crippen LogP contribution < -0.4 is 10.5 Å². The molecule has 1 heterocycles. The van der Waals surface area contributed by atoms with Gasteiger partial charge >= 0.3 is 0 Å². The quantitative estimate of drug-likeness (QED) is 0.606. The first-order chi connectivity index (χ1) is 6.72. The third-order valence-electron chi connectivity index (χ3n) is 1.79. The molecule has 1 aromatic rings. The first-order valence-electron chi connectivity index (χ1n) is 4.78. The topological polar surface area (TPSA) is 48.1 Å². The van der Waals surface area contributed by atoms with E-state index in [0.717, 1.165) is 12.8 Å². The lowest BCUT2D eigenvalue weighted by atomic mass is 10.3. The first-order valence-corrected chi connectivity index (χ1v) is 5.16. The normalized spacial score (nSPS) is 10.1. The van der Waals surface area contributed by atoms with Gasteiger partial charge in [-0.25, -0.2) is 4.98 Å². The molecular formula is C10H15ClN2O. The molecule has 0 atom stereocenters. The van der Waals surface area contributed by atoms with E-state index < -0.39 is 0 Å². The molecule has 3 nitrogen and oxygen atoms in total. The molecule has 0 fully saturated rings. The molecule has 0 aliphatic rings. The molecule has 0 spiro atoms. The summed E-state index contributed by atoms with van der Waals surface area (Å²) in [6.07, 6.45) is 3.37. The second kappa shape index (κ2) is 5.70. The van der Waals surface area contributed by atoms with E-state index in [-0.39, 0.29) is 0 Å². The van der Waals surface area contributed by atoms with Gasteiger partial charge in [0.25, 0.3) is 0 Å². The van der Waals surface area contributed by atoms with Crippen LogP contribution in [0.4, 0.5) is 5.69 Å². The number of pyridine rings is 1. The number of hydrogen-bond acceptors (Lipinski definition) is 3. The molecule has 78 valence electrons. The Labute approximate surface area is 89.2 Å². The monoisotopic (exact) mass is 214 g/mol. The van der Waals surface area contributed by atoms with Gasteiger partial charge < -0.3 is 10.5 Å². The molecule has 0 saturated heterocycles. The SMILES string of the molecule is CCCCCOc1cc(N)cc(Cl)n1. The van der Waals surface area contributed by atoms with E-state index in [0.29, 0.717) is 23.3 Å². The first kappa shape index (κ1) is 11.1. The van der Waals surface area contributed by atoms with Crippen molar-refractivity contribution in [3.63, 3.8) is 0 Å². The zero-order chi connectivity index (χ0) is 10.4. The summed E-state index contributed by atoms with van der Waals surface area (Å²) in [6, 6.07) is 3.28. The Hall–Kier alpha value is -0.960. The summed E-state index contributed by atoms with van der Waals surface area (Å²) >= 11 is 5.72. The number of ether oxygens (including phenoxy) is 1. The maximum atomic E-state index is 5.72. The molecule has 1 aromatic heterocycles. The van der Waals surface area contributed by atoms with E-state index in [1.807, 2.05) is 0 Å². The molecule has 0 aliphatic heterocycles. The smallest absolute Gasteiger partial charge is 0.216 e. The minimum atomic E-state index is 0.371. The van der Waals surface area contributed by atoms with Gasteiger partial charge in [0.1, 0.15) is 5.15 Å². The van der Waals surface area contributed by atoms with Gasteiger partial charge in [0.2, 0.25) is 5.88 Å². The predicted octanol–water partition coefficient (Wildman–Crippen LogP) is 2.89. The van der Waals surface area contributed by atoms with Crippen LogP contribution in [0, 0.1) is 0 Å². The van der Waals surface area contributed by atoms with Gasteiger partial charge in [0.05, 0.1) is 6.61 Å². The van der Waals surface area contributed by atoms with E-state index in [1.54, 1.807) is 12.1 Å². The molecule has 0 aliphatic carbocycles. The van der Waals surface area contributed by atoms with Gasteiger partial charge in [-0.2, -0.15) is 0 Å². The Kier molecular flexibility index (Phi) is 4.53. The summed E-state index contributed by atoms with van der Waals surface area (Å²) in [6.45, 7) is 2.82. The van der Waals surface area contributed by atoms with Crippen LogP contribution in [0.2, 0.25) is 5.15 Å². The van der Waals surface area contributed by atoms with Gasteiger partial charge in [-0.3, -0.25) is 0 Å². The zero-order valence-electron chi connectivity index (χ0n) is 8.29. The molecule has 1 rings (SSSR count). The standard InChI is InChI=1S/C10H15ClN2O/c1-2-3-4-5-14-10-7-8(12)6-9(11)13-10/h6-7H,2-5H2,1H3,(H2,12,13). The molecule has 2 N–H and O–H groups in total. The van der Waals surface area contributed by atoms with Crippen molar-refractivity contribution in [3.8, 4) is 5.88 Å². The van der Waals surface area contributed by atoms with E-state index in [9.17, 15) is 0 Å². The second-order valence-electron chi connectivity index (χ2n) is 3.12. The van der Waals surface area contributed by atoms with Gasteiger partial charge in [0.15, 0.2) is 0 Å². The summed E-state index contributed by atoms with van der Waals surface area (Å²) in [5.74, 6) is 0.506. The highest BCUT2D eigenvalue weighted by Crippen LogP contribution is 2.17. The molecule has 0 bridgehead atoms. The molecule has 14 heavy (non-hydrogen) atoms. The third kappa shape index (κ3) is 3.83.